The van der Waals surface area contributed by atoms with Crippen LogP contribution in [-0.4, -0.2) is 0 Å². The molecule has 0 aliphatic rings. The Balaban J connectivity index is 1.68. The van der Waals surface area contributed by atoms with Crippen molar-refractivity contribution in [2.45, 2.75) is 39.5 Å². The van der Waals surface area contributed by atoms with Crippen molar-refractivity contribution in [3.63, 3.8) is 0 Å². The molecule has 146 valence electrons. The quantitative estimate of drug-likeness (QED) is 0.309. The summed E-state index contributed by atoms with van der Waals surface area (Å²) in [7, 11) is 0. The Morgan fingerprint density at radius 2 is 1.41 bits per heavy atom. The maximum absolute atomic E-state index is 14.4. The van der Waals surface area contributed by atoms with Gasteiger partial charge in [-0.2, -0.15) is 0 Å². The average molecular weight is 383 g/mol. The summed E-state index contributed by atoms with van der Waals surface area (Å²) in [6, 6.07) is 21.7. The molecule has 0 atom stereocenters. The molecule has 0 radical (unpaired) electrons. The van der Waals surface area contributed by atoms with E-state index in [2.05, 4.69) is 55.2 Å². The van der Waals surface area contributed by atoms with E-state index in [1.807, 2.05) is 43.3 Å². The first-order valence-electron chi connectivity index (χ1n) is 10.3. The van der Waals surface area contributed by atoms with Crippen LogP contribution in [0.1, 0.15) is 48.9 Å². The molecule has 0 unspecified atom stereocenters. The first-order chi connectivity index (χ1) is 14.2. The topological polar surface area (TPSA) is 0 Å². The summed E-state index contributed by atoms with van der Waals surface area (Å²) in [4.78, 5) is 0. The zero-order valence-corrected chi connectivity index (χ0v) is 17.2. The van der Waals surface area contributed by atoms with Crippen molar-refractivity contribution in [3.05, 3.63) is 107 Å². The molecule has 0 aliphatic heterocycles. The normalized spacial score (nSPS) is 10.7. The second kappa shape index (κ2) is 10.4. The minimum absolute atomic E-state index is 0.163. The second-order valence-electron chi connectivity index (χ2n) is 7.20. The first kappa shape index (κ1) is 20.6. The summed E-state index contributed by atoms with van der Waals surface area (Å²) >= 11 is 0. The highest BCUT2D eigenvalue weighted by molar-refractivity contribution is 5.65. The predicted molar refractivity (Wildman–Crippen MR) is 121 cm³/mol. The van der Waals surface area contributed by atoms with Crippen molar-refractivity contribution in [1.82, 2.24) is 0 Å². The summed E-state index contributed by atoms with van der Waals surface area (Å²) in [5, 5.41) is 0. The van der Waals surface area contributed by atoms with E-state index in [9.17, 15) is 4.39 Å². The van der Waals surface area contributed by atoms with Gasteiger partial charge in [0.15, 0.2) is 0 Å². The average Bonchev–Trinajstić information content (AvgIpc) is 2.74. The van der Waals surface area contributed by atoms with Crippen molar-refractivity contribution in [1.29, 1.82) is 0 Å². The minimum atomic E-state index is -0.163. The molecule has 0 saturated heterocycles. The summed E-state index contributed by atoms with van der Waals surface area (Å²) in [5.74, 6) is 6.24. The number of allylic oxidation sites excluding steroid dienone is 2. The first-order valence-corrected chi connectivity index (χ1v) is 10.3. The Morgan fingerprint density at radius 1 is 0.793 bits per heavy atom. The number of halogens is 1. The van der Waals surface area contributed by atoms with Crippen LogP contribution in [0.2, 0.25) is 0 Å². The maximum atomic E-state index is 14.4. The van der Waals surface area contributed by atoms with Crippen LogP contribution in [0.4, 0.5) is 4.39 Å². The number of hydrogen-bond donors (Lipinski definition) is 0. The zero-order valence-electron chi connectivity index (χ0n) is 17.2. The summed E-state index contributed by atoms with van der Waals surface area (Å²) < 4.78 is 14.4. The number of rotatable bonds is 6. The van der Waals surface area contributed by atoms with Gasteiger partial charge in [-0.25, -0.2) is 4.39 Å². The Kier molecular flexibility index (Phi) is 7.42. The molecule has 3 rings (SSSR count). The van der Waals surface area contributed by atoms with E-state index in [4.69, 9.17) is 0 Å². The Morgan fingerprint density at radius 3 is 2.00 bits per heavy atom. The summed E-state index contributed by atoms with van der Waals surface area (Å²) in [6.07, 6.45) is 8.31. The molecule has 29 heavy (non-hydrogen) atoms. The third-order valence-electron chi connectivity index (χ3n) is 4.91. The van der Waals surface area contributed by atoms with Gasteiger partial charge in [-0.15, -0.1) is 0 Å². The highest BCUT2D eigenvalue weighted by atomic mass is 19.1. The lowest BCUT2D eigenvalue weighted by atomic mass is 10.0. The van der Waals surface area contributed by atoms with Gasteiger partial charge in [0.1, 0.15) is 5.82 Å². The molecule has 0 nitrogen and oxygen atoms in total. The molecule has 0 saturated carbocycles. The van der Waals surface area contributed by atoms with Gasteiger partial charge in [-0.1, -0.05) is 73.7 Å². The van der Waals surface area contributed by atoms with Crippen LogP contribution < -0.4 is 0 Å². The standard InChI is InChI=1S/C28H27F/c1-3-5-6-8-22-9-11-23(12-10-22)13-14-24-15-18-26(19-16-24)27-20-17-25(7-4-2)21-28(27)29/h3,5,9-12,15-21H,4,6-8H2,1-2H3/b5-3+. The molecule has 0 spiro atoms. The smallest absolute Gasteiger partial charge is 0.131 e. The van der Waals surface area contributed by atoms with E-state index < -0.39 is 0 Å². The van der Waals surface area contributed by atoms with Gasteiger partial charge in [0, 0.05) is 16.7 Å². The number of hydrogen-bond acceptors (Lipinski definition) is 0. The van der Waals surface area contributed by atoms with Crippen molar-refractivity contribution in [2.24, 2.45) is 0 Å². The third kappa shape index (κ3) is 5.93. The lowest BCUT2D eigenvalue weighted by Gasteiger charge is -2.06. The highest BCUT2D eigenvalue weighted by Gasteiger charge is 2.06. The van der Waals surface area contributed by atoms with Gasteiger partial charge < -0.3 is 0 Å². The van der Waals surface area contributed by atoms with Gasteiger partial charge in [0.25, 0.3) is 0 Å². The van der Waals surface area contributed by atoms with Crippen molar-refractivity contribution in [3.8, 4) is 23.0 Å². The molecule has 0 N–H and O–H groups in total. The molecule has 0 fully saturated rings. The molecular formula is C28H27F. The van der Waals surface area contributed by atoms with Gasteiger partial charge in [0.05, 0.1) is 0 Å². The van der Waals surface area contributed by atoms with Gasteiger partial charge >= 0.3 is 0 Å². The Bertz CT molecular complexity index is 1010. The van der Waals surface area contributed by atoms with Crippen molar-refractivity contribution < 1.29 is 4.39 Å². The predicted octanol–water partition coefficient (Wildman–Crippen LogP) is 7.35. The third-order valence-corrected chi connectivity index (χ3v) is 4.91. The van der Waals surface area contributed by atoms with Crippen LogP contribution in [0, 0.1) is 17.7 Å². The molecule has 1 heteroatoms. The van der Waals surface area contributed by atoms with Crippen LogP contribution in [0.15, 0.2) is 78.9 Å². The van der Waals surface area contributed by atoms with Crippen LogP contribution >= 0.6 is 0 Å². The van der Waals surface area contributed by atoms with Crippen molar-refractivity contribution in [2.75, 3.05) is 0 Å². The summed E-state index contributed by atoms with van der Waals surface area (Å²) in [6.45, 7) is 4.15. The summed E-state index contributed by atoms with van der Waals surface area (Å²) in [5.41, 5.74) is 5.81. The fourth-order valence-electron chi connectivity index (χ4n) is 3.29. The van der Waals surface area contributed by atoms with E-state index in [-0.39, 0.29) is 5.82 Å². The fourth-order valence-corrected chi connectivity index (χ4v) is 3.29. The minimum Gasteiger partial charge on any atom is -0.206 e. The highest BCUT2D eigenvalue weighted by Crippen LogP contribution is 2.24. The lowest BCUT2D eigenvalue weighted by Crippen LogP contribution is -1.89. The zero-order chi connectivity index (χ0) is 20.5. The van der Waals surface area contributed by atoms with Crippen LogP contribution in [0.5, 0.6) is 0 Å². The van der Waals surface area contributed by atoms with Gasteiger partial charge in [-0.05, 0) is 73.2 Å². The molecule has 3 aromatic carbocycles. The van der Waals surface area contributed by atoms with Crippen molar-refractivity contribution >= 4 is 0 Å². The Labute approximate surface area is 174 Å². The molecule has 0 heterocycles. The second-order valence-corrected chi connectivity index (χ2v) is 7.20. The molecule has 0 bridgehead atoms. The van der Waals surface area contributed by atoms with Gasteiger partial charge in [-0.3, -0.25) is 0 Å². The van der Waals surface area contributed by atoms with E-state index >= 15 is 0 Å². The number of aryl methyl sites for hydroxylation is 2. The van der Waals surface area contributed by atoms with Crippen LogP contribution in [0.25, 0.3) is 11.1 Å². The fraction of sp³-hybridized carbons (Fsp3) is 0.214. The van der Waals surface area contributed by atoms with Gasteiger partial charge in [0.2, 0.25) is 0 Å². The Hall–Kier alpha value is -3.11. The SMILES string of the molecule is C/C=C/CCc1ccc(C#Cc2ccc(-c3ccc(CCC)cc3F)cc2)cc1. The largest absolute Gasteiger partial charge is 0.206 e. The molecule has 0 aromatic heterocycles. The van der Waals surface area contributed by atoms with Crippen LogP contribution in [0.3, 0.4) is 0 Å². The van der Waals surface area contributed by atoms with Crippen LogP contribution in [-0.2, 0) is 12.8 Å². The van der Waals surface area contributed by atoms with E-state index in [0.29, 0.717) is 5.56 Å². The molecule has 0 aliphatic carbocycles. The maximum Gasteiger partial charge on any atom is 0.131 e. The monoisotopic (exact) mass is 382 g/mol. The molecular weight excluding hydrogens is 355 g/mol. The molecule has 0 amide bonds. The molecule has 3 aromatic rings. The number of benzene rings is 3. The van der Waals surface area contributed by atoms with E-state index in [1.165, 1.54) is 5.56 Å². The van der Waals surface area contributed by atoms with E-state index in [0.717, 1.165) is 47.9 Å². The lowest BCUT2D eigenvalue weighted by molar-refractivity contribution is 0.628. The van der Waals surface area contributed by atoms with E-state index in [1.54, 1.807) is 6.07 Å².